The lowest BCUT2D eigenvalue weighted by atomic mass is 10.1. The number of benzene rings is 3. The Morgan fingerprint density at radius 3 is 2.23 bits per heavy atom. The molecule has 0 saturated carbocycles. The summed E-state index contributed by atoms with van der Waals surface area (Å²) in [5.41, 5.74) is 4.09. The third-order valence-corrected chi connectivity index (χ3v) is 4.13. The van der Waals surface area contributed by atoms with Gasteiger partial charge in [-0.15, -0.1) is 0 Å². The van der Waals surface area contributed by atoms with Gasteiger partial charge in [-0.2, -0.15) is 0 Å². The molecule has 26 heavy (non-hydrogen) atoms. The molecule has 0 bridgehead atoms. The Balaban J connectivity index is 1.54. The Morgan fingerprint density at radius 2 is 1.58 bits per heavy atom. The van der Waals surface area contributed by atoms with Crippen molar-refractivity contribution in [3.8, 4) is 11.5 Å². The Hall–Kier alpha value is -2.98. The molecule has 0 radical (unpaired) electrons. The van der Waals surface area contributed by atoms with Crippen molar-refractivity contribution in [2.75, 3.05) is 0 Å². The topological polar surface area (TPSA) is 38.3 Å². The van der Waals surface area contributed by atoms with Gasteiger partial charge in [-0.1, -0.05) is 24.3 Å². The second kappa shape index (κ2) is 8.41. The van der Waals surface area contributed by atoms with E-state index in [0.717, 1.165) is 23.0 Å². The third-order valence-electron chi connectivity index (χ3n) is 4.13. The molecule has 0 spiro atoms. The highest BCUT2D eigenvalue weighted by Gasteiger charge is 2.02. The minimum atomic E-state index is -0.285. The van der Waals surface area contributed by atoms with Crippen molar-refractivity contribution in [3.05, 3.63) is 94.8 Å². The summed E-state index contributed by atoms with van der Waals surface area (Å²) in [4.78, 5) is 10.9. The molecule has 3 nitrogen and oxygen atoms in total. The number of carbonyl (C=O) groups is 1. The molecule has 0 amide bonds. The van der Waals surface area contributed by atoms with Crippen molar-refractivity contribution in [1.29, 1.82) is 0 Å². The van der Waals surface area contributed by atoms with Crippen LogP contribution < -0.4 is 10.1 Å². The maximum atomic E-state index is 12.9. The number of hydrogen-bond acceptors (Lipinski definition) is 3. The monoisotopic (exact) mass is 349 g/mol. The predicted molar refractivity (Wildman–Crippen MR) is 100 cm³/mol. The van der Waals surface area contributed by atoms with E-state index in [0.29, 0.717) is 30.2 Å². The zero-order valence-corrected chi connectivity index (χ0v) is 14.5. The number of carbonyl (C=O) groups excluding carboxylic acids is 1. The van der Waals surface area contributed by atoms with Crippen molar-refractivity contribution < 1.29 is 13.9 Å². The molecule has 0 fully saturated rings. The highest BCUT2D eigenvalue weighted by Crippen LogP contribution is 2.22. The van der Waals surface area contributed by atoms with Gasteiger partial charge in [0.15, 0.2) is 0 Å². The van der Waals surface area contributed by atoms with Crippen LogP contribution in [0.4, 0.5) is 4.39 Å². The molecule has 1 N–H and O–H groups in total. The second-order valence-corrected chi connectivity index (χ2v) is 6.11. The molecule has 0 atom stereocenters. The molecule has 4 heteroatoms. The maximum Gasteiger partial charge on any atom is 0.150 e. The minimum absolute atomic E-state index is 0.285. The standard InChI is InChI=1S/C22H20FNO2/c1-16-2-3-18(15-25)12-19(16)14-24-13-17-4-8-21(9-5-17)26-22-10-6-20(23)7-11-22/h2-12,15,24H,13-14H2,1H3. The largest absolute Gasteiger partial charge is 0.457 e. The number of aldehydes is 1. The van der Waals surface area contributed by atoms with Gasteiger partial charge in [0, 0.05) is 18.7 Å². The molecule has 0 aliphatic carbocycles. The van der Waals surface area contributed by atoms with E-state index >= 15 is 0 Å². The highest BCUT2D eigenvalue weighted by atomic mass is 19.1. The van der Waals surface area contributed by atoms with Gasteiger partial charge in [0.2, 0.25) is 0 Å². The van der Waals surface area contributed by atoms with Crippen molar-refractivity contribution in [3.63, 3.8) is 0 Å². The summed E-state index contributed by atoms with van der Waals surface area (Å²) < 4.78 is 18.6. The molecule has 0 aliphatic heterocycles. The summed E-state index contributed by atoms with van der Waals surface area (Å²) in [6.45, 7) is 3.44. The van der Waals surface area contributed by atoms with E-state index in [1.165, 1.54) is 12.1 Å². The van der Waals surface area contributed by atoms with Gasteiger partial charge < -0.3 is 10.1 Å². The quantitative estimate of drug-likeness (QED) is 0.608. The summed E-state index contributed by atoms with van der Waals surface area (Å²) in [6.07, 6.45) is 0.864. The fraction of sp³-hybridized carbons (Fsp3) is 0.136. The lowest BCUT2D eigenvalue weighted by Crippen LogP contribution is -2.13. The van der Waals surface area contributed by atoms with Crippen LogP contribution >= 0.6 is 0 Å². The third kappa shape index (κ3) is 4.77. The van der Waals surface area contributed by atoms with E-state index in [2.05, 4.69) is 5.32 Å². The lowest BCUT2D eigenvalue weighted by Gasteiger charge is -2.10. The Morgan fingerprint density at radius 1 is 0.923 bits per heavy atom. The van der Waals surface area contributed by atoms with E-state index in [1.807, 2.05) is 49.4 Å². The first kappa shape index (κ1) is 17.8. The first-order chi connectivity index (χ1) is 12.6. The van der Waals surface area contributed by atoms with Crippen LogP contribution in [0.3, 0.4) is 0 Å². The molecule has 3 rings (SSSR count). The Bertz CT molecular complexity index is 874. The first-order valence-electron chi connectivity index (χ1n) is 8.42. The number of hydrogen-bond donors (Lipinski definition) is 1. The molecule has 0 aromatic heterocycles. The van der Waals surface area contributed by atoms with Crippen molar-refractivity contribution in [2.45, 2.75) is 20.0 Å². The van der Waals surface area contributed by atoms with Gasteiger partial charge in [-0.3, -0.25) is 4.79 Å². The van der Waals surface area contributed by atoms with Gasteiger partial charge in [0.25, 0.3) is 0 Å². The zero-order chi connectivity index (χ0) is 18.4. The summed E-state index contributed by atoms with van der Waals surface area (Å²) >= 11 is 0. The summed E-state index contributed by atoms with van der Waals surface area (Å²) in [5, 5.41) is 3.39. The number of nitrogens with one attached hydrogen (secondary N) is 1. The molecule has 3 aromatic rings. The van der Waals surface area contributed by atoms with Crippen LogP contribution in [0.15, 0.2) is 66.7 Å². The van der Waals surface area contributed by atoms with Crippen LogP contribution in [0.5, 0.6) is 11.5 Å². The molecule has 132 valence electrons. The Kier molecular flexibility index (Phi) is 5.77. The predicted octanol–water partition coefficient (Wildman–Crippen LogP) is 5.03. The number of halogens is 1. The summed E-state index contributed by atoms with van der Waals surface area (Å²) in [7, 11) is 0. The van der Waals surface area contributed by atoms with Gasteiger partial charge in [0.1, 0.15) is 23.6 Å². The van der Waals surface area contributed by atoms with Gasteiger partial charge >= 0.3 is 0 Å². The van der Waals surface area contributed by atoms with Crippen LogP contribution in [0.1, 0.15) is 27.0 Å². The van der Waals surface area contributed by atoms with E-state index in [-0.39, 0.29) is 5.82 Å². The fourth-order valence-electron chi connectivity index (χ4n) is 2.61. The second-order valence-electron chi connectivity index (χ2n) is 6.11. The van der Waals surface area contributed by atoms with Crippen molar-refractivity contribution in [2.24, 2.45) is 0 Å². The van der Waals surface area contributed by atoms with Crippen LogP contribution in [-0.4, -0.2) is 6.29 Å². The van der Waals surface area contributed by atoms with Crippen LogP contribution in [-0.2, 0) is 13.1 Å². The van der Waals surface area contributed by atoms with E-state index in [9.17, 15) is 9.18 Å². The van der Waals surface area contributed by atoms with Crippen LogP contribution in [0.2, 0.25) is 0 Å². The molecule has 0 unspecified atom stereocenters. The summed E-state index contributed by atoms with van der Waals surface area (Å²) in [6, 6.07) is 19.4. The average molecular weight is 349 g/mol. The van der Waals surface area contributed by atoms with Gasteiger partial charge in [-0.05, 0) is 66.1 Å². The summed E-state index contributed by atoms with van der Waals surface area (Å²) in [5.74, 6) is 1.02. The van der Waals surface area contributed by atoms with Crippen molar-refractivity contribution >= 4 is 6.29 Å². The first-order valence-corrected chi connectivity index (χ1v) is 8.42. The Labute approximate surface area is 152 Å². The SMILES string of the molecule is Cc1ccc(C=O)cc1CNCc1ccc(Oc2ccc(F)cc2)cc1. The number of rotatable bonds is 7. The molecule has 3 aromatic carbocycles. The highest BCUT2D eigenvalue weighted by molar-refractivity contribution is 5.75. The maximum absolute atomic E-state index is 12.9. The van der Waals surface area contributed by atoms with Crippen molar-refractivity contribution in [1.82, 2.24) is 5.32 Å². The van der Waals surface area contributed by atoms with Gasteiger partial charge in [-0.25, -0.2) is 4.39 Å². The molecule has 0 saturated heterocycles. The number of ether oxygens (including phenoxy) is 1. The lowest BCUT2D eigenvalue weighted by molar-refractivity contribution is 0.112. The van der Waals surface area contributed by atoms with Crippen LogP contribution in [0, 0.1) is 12.7 Å². The molecular weight excluding hydrogens is 329 g/mol. The van der Waals surface area contributed by atoms with E-state index in [1.54, 1.807) is 12.1 Å². The van der Waals surface area contributed by atoms with Gasteiger partial charge in [0.05, 0.1) is 0 Å². The van der Waals surface area contributed by atoms with E-state index in [4.69, 9.17) is 4.74 Å². The number of aryl methyl sites for hydroxylation is 1. The van der Waals surface area contributed by atoms with Crippen LogP contribution in [0.25, 0.3) is 0 Å². The molecular formula is C22H20FNO2. The fourth-order valence-corrected chi connectivity index (χ4v) is 2.61. The zero-order valence-electron chi connectivity index (χ0n) is 14.5. The average Bonchev–Trinajstić information content (AvgIpc) is 2.66. The molecule has 0 heterocycles. The normalized spacial score (nSPS) is 10.5. The molecule has 0 aliphatic rings. The smallest absolute Gasteiger partial charge is 0.150 e. The van der Waals surface area contributed by atoms with E-state index < -0.39 is 0 Å². The minimum Gasteiger partial charge on any atom is -0.457 e.